The number of hydrogen-bond acceptors (Lipinski definition) is 3. The van der Waals surface area contributed by atoms with Crippen molar-refractivity contribution in [2.24, 2.45) is 0 Å². The Morgan fingerprint density at radius 3 is 2.32 bits per heavy atom. The van der Waals surface area contributed by atoms with E-state index < -0.39 is 5.97 Å². The minimum atomic E-state index is -0.719. The number of benzene rings is 1. The van der Waals surface area contributed by atoms with Gasteiger partial charge in [-0.25, -0.2) is 0 Å². The minimum Gasteiger partial charge on any atom is -0.481 e. The summed E-state index contributed by atoms with van der Waals surface area (Å²) >= 11 is 0. The fraction of sp³-hybridized carbons (Fsp3) is 0.533. The van der Waals surface area contributed by atoms with Crippen molar-refractivity contribution in [1.82, 2.24) is 0 Å². The highest BCUT2D eigenvalue weighted by molar-refractivity contribution is 5.66. The summed E-state index contributed by atoms with van der Waals surface area (Å²) in [5.41, 5.74) is 2.33. The number of unbranched alkanes of at least 4 members (excludes halogenated alkanes) is 1. The number of carbonyl (C=O) groups is 1. The van der Waals surface area contributed by atoms with Crippen molar-refractivity contribution in [1.29, 1.82) is 0 Å². The predicted molar refractivity (Wildman–Crippen MR) is 80.0 cm³/mol. The molecule has 0 atom stereocenters. The lowest BCUT2D eigenvalue weighted by molar-refractivity contribution is -0.137. The molecule has 4 heteroatoms. The molecular formula is C15H24N2O2. The standard InChI is InChI=1S/C15H24N2O2/c1-3-17(4-2)14-10-8-13(9-11-14)16-12-6-5-7-15(18)19/h8-11,16H,3-7,12H2,1-2H3,(H,18,19). The number of aliphatic carboxylic acids is 1. The maximum absolute atomic E-state index is 10.4. The molecule has 4 nitrogen and oxygen atoms in total. The molecule has 0 amide bonds. The molecule has 0 spiro atoms. The Bertz CT molecular complexity index is 372. The fourth-order valence-electron chi connectivity index (χ4n) is 2.01. The van der Waals surface area contributed by atoms with Crippen LogP contribution in [-0.4, -0.2) is 30.7 Å². The summed E-state index contributed by atoms with van der Waals surface area (Å²) in [6.07, 6.45) is 1.85. The van der Waals surface area contributed by atoms with Crippen LogP contribution < -0.4 is 10.2 Å². The Hall–Kier alpha value is -1.71. The van der Waals surface area contributed by atoms with Crippen molar-refractivity contribution in [2.45, 2.75) is 33.1 Å². The number of hydrogen-bond donors (Lipinski definition) is 2. The summed E-state index contributed by atoms with van der Waals surface area (Å²) < 4.78 is 0. The van der Waals surface area contributed by atoms with Crippen LogP contribution in [0.15, 0.2) is 24.3 Å². The zero-order valence-electron chi connectivity index (χ0n) is 11.9. The zero-order valence-corrected chi connectivity index (χ0v) is 11.9. The van der Waals surface area contributed by atoms with E-state index in [2.05, 4.69) is 48.3 Å². The van der Waals surface area contributed by atoms with Gasteiger partial charge in [-0.15, -0.1) is 0 Å². The van der Waals surface area contributed by atoms with Crippen LogP contribution in [0, 0.1) is 0 Å². The van der Waals surface area contributed by atoms with E-state index in [1.165, 1.54) is 5.69 Å². The van der Waals surface area contributed by atoms with Gasteiger partial charge in [0.1, 0.15) is 0 Å². The van der Waals surface area contributed by atoms with Crippen LogP contribution in [0.25, 0.3) is 0 Å². The topological polar surface area (TPSA) is 52.6 Å². The van der Waals surface area contributed by atoms with E-state index in [-0.39, 0.29) is 6.42 Å². The highest BCUT2D eigenvalue weighted by Crippen LogP contribution is 2.17. The van der Waals surface area contributed by atoms with Gasteiger partial charge in [-0.3, -0.25) is 4.79 Å². The van der Waals surface area contributed by atoms with Gasteiger partial charge in [0.05, 0.1) is 0 Å². The maximum atomic E-state index is 10.4. The number of nitrogens with one attached hydrogen (secondary N) is 1. The summed E-state index contributed by atoms with van der Waals surface area (Å²) in [6, 6.07) is 8.38. The van der Waals surface area contributed by atoms with E-state index in [4.69, 9.17) is 5.11 Å². The molecule has 0 aromatic heterocycles. The Kier molecular flexibility index (Phi) is 6.79. The van der Waals surface area contributed by atoms with Gasteiger partial charge >= 0.3 is 5.97 Å². The Labute approximate surface area is 115 Å². The molecule has 0 aliphatic rings. The second-order valence-electron chi connectivity index (χ2n) is 4.50. The van der Waals surface area contributed by atoms with Crippen molar-refractivity contribution in [3.05, 3.63) is 24.3 Å². The van der Waals surface area contributed by atoms with Gasteiger partial charge in [0.2, 0.25) is 0 Å². The molecule has 0 saturated carbocycles. The molecule has 2 N–H and O–H groups in total. The summed E-state index contributed by atoms with van der Waals surface area (Å²) in [7, 11) is 0. The van der Waals surface area contributed by atoms with Crippen LogP contribution >= 0.6 is 0 Å². The number of rotatable bonds is 9. The first kappa shape index (κ1) is 15.3. The second-order valence-corrected chi connectivity index (χ2v) is 4.50. The van der Waals surface area contributed by atoms with E-state index in [9.17, 15) is 4.79 Å². The Balaban J connectivity index is 2.34. The lowest BCUT2D eigenvalue weighted by Crippen LogP contribution is -2.21. The van der Waals surface area contributed by atoms with Gasteiger partial charge in [0.25, 0.3) is 0 Å². The third kappa shape index (κ3) is 5.64. The molecule has 0 fully saturated rings. The molecule has 19 heavy (non-hydrogen) atoms. The van der Waals surface area contributed by atoms with Crippen LogP contribution in [0.4, 0.5) is 11.4 Å². The maximum Gasteiger partial charge on any atom is 0.303 e. The van der Waals surface area contributed by atoms with Gasteiger partial charge in [-0.05, 0) is 51.0 Å². The lowest BCUT2D eigenvalue weighted by Gasteiger charge is -2.21. The molecule has 1 aromatic carbocycles. The molecule has 1 aromatic rings. The molecule has 106 valence electrons. The quantitative estimate of drug-likeness (QED) is 0.672. The van der Waals surface area contributed by atoms with Crippen molar-refractivity contribution >= 4 is 17.3 Å². The minimum absolute atomic E-state index is 0.253. The van der Waals surface area contributed by atoms with Gasteiger partial charge < -0.3 is 15.3 Å². The van der Waals surface area contributed by atoms with Crippen molar-refractivity contribution in [2.75, 3.05) is 29.9 Å². The van der Waals surface area contributed by atoms with E-state index in [1.807, 2.05) is 0 Å². The largest absolute Gasteiger partial charge is 0.481 e. The van der Waals surface area contributed by atoms with Crippen molar-refractivity contribution in [3.8, 4) is 0 Å². The van der Waals surface area contributed by atoms with Crippen LogP contribution in [-0.2, 0) is 4.79 Å². The molecule has 0 radical (unpaired) electrons. The highest BCUT2D eigenvalue weighted by Gasteiger charge is 2.01. The lowest BCUT2D eigenvalue weighted by atomic mass is 10.2. The average Bonchev–Trinajstić information content (AvgIpc) is 2.41. The third-order valence-electron chi connectivity index (χ3n) is 3.14. The van der Waals surface area contributed by atoms with Crippen LogP contribution in [0.2, 0.25) is 0 Å². The summed E-state index contributed by atoms with van der Waals surface area (Å²) in [5.74, 6) is -0.719. The van der Waals surface area contributed by atoms with E-state index in [0.29, 0.717) is 0 Å². The molecule has 0 bridgehead atoms. The smallest absolute Gasteiger partial charge is 0.303 e. The highest BCUT2D eigenvalue weighted by atomic mass is 16.4. The van der Waals surface area contributed by atoms with E-state index in [0.717, 1.165) is 38.2 Å². The summed E-state index contributed by atoms with van der Waals surface area (Å²) in [5, 5.41) is 11.8. The second kappa shape index (κ2) is 8.40. The Morgan fingerprint density at radius 2 is 1.79 bits per heavy atom. The van der Waals surface area contributed by atoms with E-state index in [1.54, 1.807) is 0 Å². The first-order valence-electron chi connectivity index (χ1n) is 6.98. The molecule has 1 rings (SSSR count). The van der Waals surface area contributed by atoms with Gasteiger partial charge in [-0.2, -0.15) is 0 Å². The zero-order chi connectivity index (χ0) is 14.1. The SMILES string of the molecule is CCN(CC)c1ccc(NCCCCC(=O)O)cc1. The van der Waals surface area contributed by atoms with Gasteiger partial charge in [-0.1, -0.05) is 0 Å². The fourth-order valence-corrected chi connectivity index (χ4v) is 2.01. The van der Waals surface area contributed by atoms with Crippen molar-refractivity contribution in [3.63, 3.8) is 0 Å². The van der Waals surface area contributed by atoms with E-state index >= 15 is 0 Å². The van der Waals surface area contributed by atoms with Crippen molar-refractivity contribution < 1.29 is 9.90 Å². The predicted octanol–water partition coefficient (Wildman–Crippen LogP) is 3.20. The molecule has 0 aliphatic carbocycles. The molecular weight excluding hydrogens is 240 g/mol. The van der Waals surface area contributed by atoms with Gasteiger partial charge in [0.15, 0.2) is 0 Å². The number of nitrogens with zero attached hydrogens (tertiary/aromatic N) is 1. The van der Waals surface area contributed by atoms with Crippen LogP contribution in [0.5, 0.6) is 0 Å². The first-order chi connectivity index (χ1) is 9.17. The van der Waals surface area contributed by atoms with Crippen LogP contribution in [0.1, 0.15) is 33.1 Å². The monoisotopic (exact) mass is 264 g/mol. The summed E-state index contributed by atoms with van der Waals surface area (Å²) in [6.45, 7) is 7.14. The first-order valence-corrected chi connectivity index (χ1v) is 6.98. The average molecular weight is 264 g/mol. The number of carboxylic acid groups (broad SMARTS) is 1. The third-order valence-corrected chi connectivity index (χ3v) is 3.14. The normalized spacial score (nSPS) is 10.2. The van der Waals surface area contributed by atoms with Gasteiger partial charge in [0, 0.05) is 37.4 Å². The van der Waals surface area contributed by atoms with Crippen LogP contribution in [0.3, 0.4) is 0 Å². The Morgan fingerprint density at radius 1 is 1.16 bits per heavy atom. The molecule has 0 saturated heterocycles. The number of carboxylic acids is 1. The number of anilines is 2. The summed E-state index contributed by atoms with van der Waals surface area (Å²) in [4.78, 5) is 12.7. The molecule has 0 heterocycles. The molecule has 0 aliphatic heterocycles. The molecule has 0 unspecified atom stereocenters.